The molecule has 0 atom stereocenters. The SMILES string of the molecule is C(=NNc1cc(N2CCOCC2)n2nc(-c3ccc(N4CCOCC4)nc3)cc2n1)c1c[nH]c2ccccc12. The number of ether oxygens (including phenoxy) is 2. The van der Waals surface area contributed by atoms with Gasteiger partial charge in [0.25, 0.3) is 0 Å². The van der Waals surface area contributed by atoms with E-state index >= 15 is 0 Å². The van der Waals surface area contributed by atoms with Gasteiger partial charge in [-0.3, -0.25) is 5.43 Å². The fourth-order valence-corrected chi connectivity index (χ4v) is 5.06. The van der Waals surface area contributed by atoms with E-state index in [0.717, 1.165) is 84.4 Å². The van der Waals surface area contributed by atoms with E-state index in [9.17, 15) is 0 Å². The number of morpholine rings is 2. The molecule has 39 heavy (non-hydrogen) atoms. The van der Waals surface area contributed by atoms with Gasteiger partial charge in [0.1, 0.15) is 11.6 Å². The molecule has 0 aliphatic carbocycles. The van der Waals surface area contributed by atoms with E-state index in [1.54, 1.807) is 0 Å². The Labute approximate surface area is 225 Å². The molecular formula is C28H29N9O2. The molecule has 2 aliphatic rings. The van der Waals surface area contributed by atoms with Gasteiger partial charge < -0.3 is 24.3 Å². The Morgan fingerprint density at radius 1 is 0.923 bits per heavy atom. The summed E-state index contributed by atoms with van der Waals surface area (Å²) in [6, 6.07) is 16.3. The average molecular weight is 524 g/mol. The molecule has 2 aliphatic heterocycles. The number of aromatic amines is 1. The molecular weight excluding hydrogens is 494 g/mol. The van der Waals surface area contributed by atoms with Gasteiger partial charge in [0.2, 0.25) is 0 Å². The van der Waals surface area contributed by atoms with Crippen LogP contribution in [0.2, 0.25) is 0 Å². The lowest BCUT2D eigenvalue weighted by Crippen LogP contribution is -2.37. The minimum Gasteiger partial charge on any atom is -0.378 e. The molecule has 0 saturated carbocycles. The maximum atomic E-state index is 5.59. The van der Waals surface area contributed by atoms with Crippen LogP contribution < -0.4 is 15.2 Å². The van der Waals surface area contributed by atoms with Gasteiger partial charge in [-0.1, -0.05) is 18.2 Å². The zero-order valence-electron chi connectivity index (χ0n) is 21.5. The summed E-state index contributed by atoms with van der Waals surface area (Å²) >= 11 is 0. The predicted octanol–water partition coefficient (Wildman–Crippen LogP) is 3.39. The Kier molecular flexibility index (Phi) is 6.27. The highest BCUT2D eigenvalue weighted by Crippen LogP contribution is 2.27. The van der Waals surface area contributed by atoms with Crippen LogP contribution in [0.1, 0.15) is 5.56 Å². The van der Waals surface area contributed by atoms with Crippen LogP contribution in [0.25, 0.3) is 27.8 Å². The van der Waals surface area contributed by atoms with Crippen molar-refractivity contribution in [3.8, 4) is 11.3 Å². The van der Waals surface area contributed by atoms with Gasteiger partial charge in [0, 0.05) is 72.7 Å². The van der Waals surface area contributed by atoms with Crippen molar-refractivity contribution in [1.29, 1.82) is 0 Å². The van der Waals surface area contributed by atoms with Crippen LogP contribution >= 0.6 is 0 Å². The summed E-state index contributed by atoms with van der Waals surface area (Å²) < 4.78 is 12.9. The number of pyridine rings is 1. The van der Waals surface area contributed by atoms with Crippen molar-refractivity contribution in [2.75, 3.05) is 67.8 Å². The molecule has 2 N–H and O–H groups in total. The number of H-pyrrole nitrogens is 1. The molecule has 1 aromatic carbocycles. The third-order valence-corrected chi connectivity index (χ3v) is 7.13. The number of hydrogen-bond acceptors (Lipinski definition) is 9. The molecule has 2 saturated heterocycles. The van der Waals surface area contributed by atoms with Crippen LogP contribution in [0.15, 0.2) is 66.0 Å². The Hall–Kier alpha value is -4.48. The highest BCUT2D eigenvalue weighted by Gasteiger charge is 2.19. The van der Waals surface area contributed by atoms with Gasteiger partial charge in [0.05, 0.1) is 38.3 Å². The topological polar surface area (TPSA) is 108 Å². The summed E-state index contributed by atoms with van der Waals surface area (Å²) in [5.41, 5.74) is 7.70. The van der Waals surface area contributed by atoms with E-state index in [0.29, 0.717) is 19.0 Å². The summed E-state index contributed by atoms with van der Waals surface area (Å²) in [6.07, 6.45) is 5.64. The number of benzene rings is 1. The van der Waals surface area contributed by atoms with Crippen LogP contribution in [-0.2, 0) is 9.47 Å². The Balaban J connectivity index is 1.19. The summed E-state index contributed by atoms with van der Waals surface area (Å²) in [5, 5.41) is 10.5. The largest absolute Gasteiger partial charge is 0.378 e. The zero-order chi connectivity index (χ0) is 26.0. The molecule has 0 unspecified atom stereocenters. The normalized spacial score (nSPS) is 16.5. The molecule has 5 aromatic rings. The lowest BCUT2D eigenvalue weighted by Gasteiger charge is -2.29. The van der Waals surface area contributed by atoms with Crippen molar-refractivity contribution in [3.05, 3.63) is 66.5 Å². The minimum absolute atomic E-state index is 0.646. The fraction of sp³-hybridized carbons (Fsp3) is 0.286. The van der Waals surface area contributed by atoms with Crippen molar-refractivity contribution < 1.29 is 9.47 Å². The predicted molar refractivity (Wildman–Crippen MR) is 152 cm³/mol. The number of fused-ring (bicyclic) bond motifs is 2. The molecule has 0 bridgehead atoms. The van der Waals surface area contributed by atoms with Crippen LogP contribution in [0.5, 0.6) is 0 Å². The lowest BCUT2D eigenvalue weighted by molar-refractivity contribution is 0.122. The summed E-state index contributed by atoms with van der Waals surface area (Å²) in [7, 11) is 0. The number of aromatic nitrogens is 5. The molecule has 0 amide bonds. The highest BCUT2D eigenvalue weighted by molar-refractivity contribution is 5.99. The lowest BCUT2D eigenvalue weighted by atomic mass is 10.2. The maximum Gasteiger partial charge on any atom is 0.160 e. The van der Waals surface area contributed by atoms with Gasteiger partial charge in [0.15, 0.2) is 11.5 Å². The van der Waals surface area contributed by atoms with E-state index < -0.39 is 0 Å². The monoisotopic (exact) mass is 523 g/mol. The standard InChI is InChI=1S/C28H29N9O2/c1-2-4-23-22(3-1)21(18-29-23)19-31-33-25-16-28(36-9-13-39-14-10-36)37-27(32-25)15-24(34-37)20-5-6-26(30-17-20)35-7-11-38-12-8-35/h1-6,15-19,29H,7-14H2,(H,32,33). The Bertz CT molecular complexity index is 1610. The second kappa shape index (κ2) is 10.4. The van der Waals surface area contributed by atoms with E-state index in [1.807, 2.05) is 59.5 Å². The quantitative estimate of drug-likeness (QED) is 0.258. The van der Waals surface area contributed by atoms with Crippen molar-refractivity contribution in [1.82, 2.24) is 24.6 Å². The second-order valence-electron chi connectivity index (χ2n) is 9.56. The first-order valence-electron chi connectivity index (χ1n) is 13.2. The number of hydrazone groups is 1. The van der Waals surface area contributed by atoms with Crippen LogP contribution in [0.3, 0.4) is 0 Å². The van der Waals surface area contributed by atoms with Crippen molar-refractivity contribution in [2.24, 2.45) is 5.10 Å². The van der Waals surface area contributed by atoms with E-state index in [4.69, 9.17) is 24.5 Å². The smallest absolute Gasteiger partial charge is 0.160 e. The number of nitrogens with zero attached hydrogens (tertiary/aromatic N) is 7. The summed E-state index contributed by atoms with van der Waals surface area (Å²) in [5.74, 6) is 2.54. The highest BCUT2D eigenvalue weighted by atomic mass is 16.5. The molecule has 11 nitrogen and oxygen atoms in total. The van der Waals surface area contributed by atoms with E-state index in [-0.39, 0.29) is 0 Å². The van der Waals surface area contributed by atoms with Crippen molar-refractivity contribution in [3.63, 3.8) is 0 Å². The molecule has 198 valence electrons. The summed E-state index contributed by atoms with van der Waals surface area (Å²) in [4.78, 5) is 17.3. The number of para-hydroxylation sites is 1. The molecule has 7 rings (SSSR count). The van der Waals surface area contributed by atoms with Gasteiger partial charge >= 0.3 is 0 Å². The number of rotatable bonds is 6. The molecule has 0 spiro atoms. The first-order chi connectivity index (χ1) is 19.3. The molecule has 0 radical (unpaired) electrons. The summed E-state index contributed by atoms with van der Waals surface area (Å²) in [6.45, 7) is 6.07. The van der Waals surface area contributed by atoms with Gasteiger partial charge in [-0.15, -0.1) is 0 Å². The third kappa shape index (κ3) is 4.77. The van der Waals surface area contributed by atoms with E-state index in [2.05, 4.69) is 37.4 Å². The molecule has 11 heteroatoms. The van der Waals surface area contributed by atoms with Crippen LogP contribution in [-0.4, -0.2) is 83.4 Å². The Morgan fingerprint density at radius 2 is 1.72 bits per heavy atom. The molecule has 4 aromatic heterocycles. The van der Waals surface area contributed by atoms with E-state index in [1.165, 1.54) is 0 Å². The average Bonchev–Trinajstić information content (AvgIpc) is 3.62. The van der Waals surface area contributed by atoms with Gasteiger partial charge in [-0.25, -0.2) is 9.97 Å². The maximum absolute atomic E-state index is 5.59. The Morgan fingerprint density at radius 3 is 2.51 bits per heavy atom. The second-order valence-corrected chi connectivity index (χ2v) is 9.56. The van der Waals surface area contributed by atoms with Gasteiger partial charge in [-0.05, 0) is 18.2 Å². The number of anilines is 3. The van der Waals surface area contributed by atoms with Crippen LogP contribution in [0, 0.1) is 0 Å². The first-order valence-corrected chi connectivity index (χ1v) is 13.2. The molecule has 6 heterocycles. The number of hydrogen-bond donors (Lipinski definition) is 2. The zero-order valence-corrected chi connectivity index (χ0v) is 21.5. The van der Waals surface area contributed by atoms with Crippen molar-refractivity contribution in [2.45, 2.75) is 0 Å². The van der Waals surface area contributed by atoms with Crippen molar-refractivity contribution >= 4 is 40.2 Å². The molecule has 2 fully saturated rings. The minimum atomic E-state index is 0.646. The van der Waals surface area contributed by atoms with Crippen LogP contribution in [0.4, 0.5) is 17.5 Å². The third-order valence-electron chi connectivity index (χ3n) is 7.13. The first kappa shape index (κ1) is 23.6. The number of nitrogens with one attached hydrogen (secondary N) is 2. The van der Waals surface area contributed by atoms with Gasteiger partial charge in [-0.2, -0.15) is 14.7 Å². The fourth-order valence-electron chi connectivity index (χ4n) is 5.06.